The third-order valence-corrected chi connectivity index (χ3v) is 4.17. The minimum Gasteiger partial charge on any atom is -0.397 e. The molecule has 0 fully saturated rings. The van der Waals surface area contributed by atoms with Gasteiger partial charge in [-0.2, -0.15) is 0 Å². The van der Waals surface area contributed by atoms with E-state index in [1.54, 1.807) is 6.07 Å². The fourth-order valence-electron chi connectivity index (χ4n) is 1.76. The highest BCUT2D eigenvalue weighted by Crippen LogP contribution is 2.32. The summed E-state index contributed by atoms with van der Waals surface area (Å²) in [5.41, 5.74) is 12.5. The summed E-state index contributed by atoms with van der Waals surface area (Å²) in [7, 11) is 1.93. The van der Waals surface area contributed by atoms with Gasteiger partial charge in [0.2, 0.25) is 0 Å². The summed E-state index contributed by atoms with van der Waals surface area (Å²) in [5, 5.41) is 1.60. The number of amides is 1. The molecule has 1 aromatic heterocycles. The lowest BCUT2D eigenvalue weighted by Gasteiger charge is -2.17. The number of carbonyl (C=O) groups excluding carboxylic acids is 1. The van der Waals surface area contributed by atoms with Crippen LogP contribution in [0.1, 0.15) is 15.2 Å². The maximum Gasteiger partial charge on any atom is 0.260 e. The van der Waals surface area contributed by atoms with Crippen molar-refractivity contribution in [2.45, 2.75) is 6.54 Å². The van der Waals surface area contributed by atoms with E-state index in [1.807, 2.05) is 36.2 Å². The third-order valence-electron chi connectivity index (χ3n) is 2.66. The Kier molecular flexibility index (Phi) is 3.97. The zero-order valence-electron chi connectivity index (χ0n) is 10.4. The van der Waals surface area contributed by atoms with Crippen LogP contribution in [0, 0.1) is 0 Å². The quantitative estimate of drug-likeness (QED) is 0.911. The van der Waals surface area contributed by atoms with Crippen molar-refractivity contribution in [3.63, 3.8) is 0 Å². The highest BCUT2D eigenvalue weighted by Gasteiger charge is 2.14. The van der Waals surface area contributed by atoms with Crippen LogP contribution < -0.4 is 16.4 Å². The van der Waals surface area contributed by atoms with Crippen LogP contribution in [-0.2, 0) is 6.54 Å². The first-order valence-electron chi connectivity index (χ1n) is 5.62. The summed E-state index contributed by atoms with van der Waals surface area (Å²) in [6, 6.07) is 9.40. The van der Waals surface area contributed by atoms with Crippen molar-refractivity contribution in [2.75, 3.05) is 17.7 Å². The predicted molar refractivity (Wildman–Crippen MR) is 80.8 cm³/mol. The van der Waals surface area contributed by atoms with Crippen molar-refractivity contribution in [3.8, 4) is 0 Å². The van der Waals surface area contributed by atoms with Crippen LogP contribution in [-0.4, -0.2) is 13.0 Å². The molecule has 4 N–H and O–H groups in total. The highest BCUT2D eigenvalue weighted by molar-refractivity contribution is 7.18. The predicted octanol–water partition coefficient (Wildman–Crippen LogP) is 2.72. The number of hydrogen-bond acceptors (Lipinski definition) is 4. The monoisotopic (exact) mass is 295 g/mol. The molecular formula is C13H14ClN3OS. The molecule has 19 heavy (non-hydrogen) atoms. The van der Waals surface area contributed by atoms with E-state index < -0.39 is 5.91 Å². The van der Waals surface area contributed by atoms with Gasteiger partial charge in [0.05, 0.1) is 10.7 Å². The number of thiophene rings is 1. The number of nitrogens with zero attached hydrogens (tertiary/aromatic N) is 1. The van der Waals surface area contributed by atoms with Crippen LogP contribution in [0.2, 0.25) is 5.02 Å². The molecule has 6 heteroatoms. The van der Waals surface area contributed by atoms with Crippen LogP contribution in [0.5, 0.6) is 0 Å². The Morgan fingerprint density at radius 1 is 1.42 bits per heavy atom. The van der Waals surface area contributed by atoms with Gasteiger partial charge in [-0.3, -0.25) is 4.79 Å². The SMILES string of the molecule is CN(Cc1cccc(Cl)c1)c1cc(N)c(C(N)=O)s1. The number of halogens is 1. The molecule has 0 saturated heterocycles. The number of hydrogen-bond donors (Lipinski definition) is 2. The van der Waals surface area contributed by atoms with Crippen molar-refractivity contribution < 1.29 is 4.79 Å². The van der Waals surface area contributed by atoms with Crippen molar-refractivity contribution in [1.82, 2.24) is 0 Å². The Morgan fingerprint density at radius 2 is 2.16 bits per heavy atom. The summed E-state index contributed by atoms with van der Waals surface area (Å²) >= 11 is 7.24. The van der Waals surface area contributed by atoms with E-state index in [1.165, 1.54) is 11.3 Å². The number of nitrogen functional groups attached to an aromatic ring is 1. The zero-order valence-corrected chi connectivity index (χ0v) is 12.0. The smallest absolute Gasteiger partial charge is 0.260 e. The first-order chi connectivity index (χ1) is 8.97. The maximum absolute atomic E-state index is 11.2. The third kappa shape index (κ3) is 3.19. The molecule has 0 aliphatic rings. The Labute approximate surface area is 120 Å². The topological polar surface area (TPSA) is 72.3 Å². The van der Waals surface area contributed by atoms with E-state index in [0.717, 1.165) is 10.6 Å². The van der Waals surface area contributed by atoms with Crippen molar-refractivity contribution >= 4 is 39.5 Å². The highest BCUT2D eigenvalue weighted by atomic mass is 35.5. The number of benzene rings is 1. The molecule has 2 aromatic rings. The van der Waals surface area contributed by atoms with Gasteiger partial charge < -0.3 is 16.4 Å². The average Bonchev–Trinajstić information content (AvgIpc) is 2.71. The van der Waals surface area contributed by atoms with Crippen molar-refractivity contribution in [2.24, 2.45) is 5.73 Å². The van der Waals surface area contributed by atoms with Crippen LogP contribution >= 0.6 is 22.9 Å². The standard InChI is InChI=1S/C13H14ClN3OS/c1-17(7-8-3-2-4-9(14)5-8)11-6-10(15)12(19-11)13(16)18/h2-6H,7,15H2,1H3,(H2,16,18). The van der Waals surface area contributed by atoms with Gasteiger partial charge in [0, 0.05) is 18.6 Å². The average molecular weight is 296 g/mol. The first-order valence-corrected chi connectivity index (χ1v) is 6.81. The van der Waals surface area contributed by atoms with Crippen LogP contribution in [0.4, 0.5) is 10.7 Å². The molecule has 0 atom stereocenters. The van der Waals surface area contributed by atoms with E-state index in [2.05, 4.69) is 0 Å². The molecule has 0 saturated carbocycles. The van der Waals surface area contributed by atoms with Gasteiger partial charge in [-0.15, -0.1) is 11.3 Å². The normalized spacial score (nSPS) is 10.4. The number of nitrogens with two attached hydrogens (primary N) is 2. The molecule has 2 rings (SSSR count). The lowest BCUT2D eigenvalue weighted by Crippen LogP contribution is -2.15. The molecule has 0 bridgehead atoms. The van der Waals surface area contributed by atoms with E-state index >= 15 is 0 Å². The lowest BCUT2D eigenvalue weighted by molar-refractivity contribution is 0.100. The molecule has 0 aliphatic heterocycles. The van der Waals surface area contributed by atoms with Gasteiger partial charge in [0.25, 0.3) is 5.91 Å². The molecular weight excluding hydrogens is 282 g/mol. The summed E-state index contributed by atoms with van der Waals surface area (Å²) in [5.74, 6) is -0.495. The second-order valence-corrected chi connectivity index (χ2v) is 5.69. The van der Waals surface area contributed by atoms with Gasteiger partial charge >= 0.3 is 0 Å². The van der Waals surface area contributed by atoms with Gasteiger partial charge in [0.1, 0.15) is 4.88 Å². The first kappa shape index (κ1) is 13.7. The fraction of sp³-hybridized carbons (Fsp3) is 0.154. The Bertz CT molecular complexity index is 612. The molecule has 0 spiro atoms. The van der Waals surface area contributed by atoms with Crippen molar-refractivity contribution in [3.05, 3.63) is 45.8 Å². The molecule has 1 heterocycles. The fourth-order valence-corrected chi connectivity index (χ4v) is 2.86. The van der Waals surface area contributed by atoms with Gasteiger partial charge in [-0.25, -0.2) is 0 Å². The zero-order chi connectivity index (χ0) is 14.0. The summed E-state index contributed by atoms with van der Waals surface area (Å²) in [4.78, 5) is 13.6. The molecule has 1 aromatic carbocycles. The Hall–Kier alpha value is -1.72. The lowest BCUT2D eigenvalue weighted by atomic mass is 10.2. The Balaban J connectivity index is 2.18. The number of rotatable bonds is 4. The molecule has 0 radical (unpaired) electrons. The van der Waals surface area contributed by atoms with E-state index in [-0.39, 0.29) is 0 Å². The van der Waals surface area contributed by atoms with Gasteiger partial charge in [-0.1, -0.05) is 23.7 Å². The minimum absolute atomic E-state index is 0.396. The minimum atomic E-state index is -0.495. The van der Waals surface area contributed by atoms with E-state index in [4.69, 9.17) is 23.1 Å². The summed E-state index contributed by atoms with van der Waals surface area (Å²) in [6.45, 7) is 0.679. The van der Waals surface area contributed by atoms with Crippen LogP contribution in [0.25, 0.3) is 0 Å². The Morgan fingerprint density at radius 3 is 2.74 bits per heavy atom. The molecule has 0 aliphatic carbocycles. The second kappa shape index (κ2) is 5.50. The maximum atomic E-state index is 11.2. The van der Waals surface area contributed by atoms with Crippen LogP contribution in [0.3, 0.4) is 0 Å². The van der Waals surface area contributed by atoms with Crippen molar-refractivity contribution in [1.29, 1.82) is 0 Å². The van der Waals surface area contributed by atoms with E-state index in [9.17, 15) is 4.79 Å². The second-order valence-electron chi connectivity index (χ2n) is 4.22. The molecule has 100 valence electrons. The number of carbonyl (C=O) groups is 1. The van der Waals surface area contributed by atoms with Gasteiger partial charge in [-0.05, 0) is 23.8 Å². The molecule has 1 amide bonds. The van der Waals surface area contributed by atoms with E-state index in [0.29, 0.717) is 22.1 Å². The molecule has 4 nitrogen and oxygen atoms in total. The number of primary amides is 1. The summed E-state index contributed by atoms with van der Waals surface area (Å²) < 4.78 is 0. The summed E-state index contributed by atoms with van der Waals surface area (Å²) in [6.07, 6.45) is 0. The largest absolute Gasteiger partial charge is 0.397 e. The number of anilines is 2. The molecule has 0 unspecified atom stereocenters. The van der Waals surface area contributed by atoms with Gasteiger partial charge in [0.15, 0.2) is 0 Å². The van der Waals surface area contributed by atoms with Crippen LogP contribution in [0.15, 0.2) is 30.3 Å².